The number of nitrogens with zero attached hydrogens (tertiary/aromatic N) is 5. The number of aromatic nitrogens is 4. The number of carbonyl (C=O) groups is 1. The lowest BCUT2D eigenvalue weighted by Crippen LogP contribution is -2.22. The largest absolute Gasteiger partial charge is 0.491 e. The smallest absolute Gasteiger partial charge is 0.260 e. The van der Waals surface area contributed by atoms with E-state index in [1.165, 1.54) is 0 Å². The van der Waals surface area contributed by atoms with Crippen LogP contribution >= 0.6 is 0 Å². The van der Waals surface area contributed by atoms with E-state index in [2.05, 4.69) is 10.1 Å². The van der Waals surface area contributed by atoms with Crippen LogP contribution in [-0.4, -0.2) is 39.9 Å². The van der Waals surface area contributed by atoms with Crippen LogP contribution in [-0.2, 0) is 13.1 Å². The van der Waals surface area contributed by atoms with Gasteiger partial charge in [-0.3, -0.25) is 14.4 Å². The Kier molecular flexibility index (Phi) is 4.46. The predicted molar refractivity (Wildman–Crippen MR) is 104 cm³/mol. The van der Waals surface area contributed by atoms with Crippen LogP contribution < -0.4 is 14.4 Å². The van der Waals surface area contributed by atoms with Crippen LogP contribution in [0.2, 0.25) is 0 Å². The van der Waals surface area contributed by atoms with Crippen molar-refractivity contribution in [1.82, 2.24) is 19.7 Å². The molecule has 3 aromatic rings. The average Bonchev–Trinajstić information content (AvgIpc) is 3.31. The van der Waals surface area contributed by atoms with Crippen LogP contribution in [0.4, 0.5) is 5.69 Å². The Hall–Kier alpha value is -3.42. The first-order valence-electron chi connectivity index (χ1n) is 9.00. The topological polar surface area (TPSA) is 82.4 Å². The summed E-state index contributed by atoms with van der Waals surface area (Å²) in [6.45, 7) is 5.08. The Balaban J connectivity index is 1.72. The van der Waals surface area contributed by atoms with Crippen molar-refractivity contribution >= 4 is 11.6 Å². The van der Waals surface area contributed by atoms with Crippen LogP contribution in [0.25, 0.3) is 11.4 Å². The molecule has 0 fully saturated rings. The number of pyridine rings is 2. The van der Waals surface area contributed by atoms with Gasteiger partial charge < -0.3 is 9.47 Å². The zero-order chi connectivity index (χ0) is 19.8. The third kappa shape index (κ3) is 2.87. The summed E-state index contributed by atoms with van der Waals surface area (Å²) in [6, 6.07) is 5.50. The van der Waals surface area contributed by atoms with Gasteiger partial charge in [0, 0.05) is 12.7 Å². The highest BCUT2D eigenvalue weighted by molar-refractivity contribution is 6.10. The van der Waals surface area contributed by atoms with E-state index in [0.29, 0.717) is 35.1 Å². The predicted octanol–water partition coefficient (Wildman–Crippen LogP) is 2.85. The van der Waals surface area contributed by atoms with Gasteiger partial charge in [-0.2, -0.15) is 5.10 Å². The lowest BCUT2D eigenvalue weighted by atomic mass is 10.1. The van der Waals surface area contributed by atoms with Crippen molar-refractivity contribution in [3.63, 3.8) is 0 Å². The highest BCUT2D eigenvalue weighted by atomic mass is 16.5. The Morgan fingerprint density at radius 1 is 1.14 bits per heavy atom. The van der Waals surface area contributed by atoms with Crippen LogP contribution in [0.15, 0.2) is 30.6 Å². The number of rotatable bonds is 5. The summed E-state index contributed by atoms with van der Waals surface area (Å²) in [5.41, 5.74) is 4.38. The van der Waals surface area contributed by atoms with E-state index in [1.807, 2.05) is 32.2 Å². The standard InChI is InChI=1S/C20H21N5O3/c1-5-24-10-13(9-21-24)25-11-16-18(20(25)26)12(2)8-15(22-16)14-6-7-17(27-3)19(23-14)28-4/h6-10H,5,11H2,1-4H3. The zero-order valence-corrected chi connectivity index (χ0v) is 16.3. The molecule has 28 heavy (non-hydrogen) atoms. The zero-order valence-electron chi connectivity index (χ0n) is 16.3. The van der Waals surface area contributed by atoms with Crippen molar-refractivity contribution in [2.24, 2.45) is 0 Å². The van der Waals surface area contributed by atoms with Gasteiger partial charge in [0.15, 0.2) is 5.75 Å². The molecular formula is C20H21N5O3. The number of hydrogen-bond donors (Lipinski definition) is 0. The van der Waals surface area contributed by atoms with Gasteiger partial charge in [-0.05, 0) is 37.6 Å². The molecule has 0 aliphatic carbocycles. The van der Waals surface area contributed by atoms with Crippen molar-refractivity contribution in [1.29, 1.82) is 0 Å². The number of aryl methyl sites for hydroxylation is 2. The molecule has 0 atom stereocenters. The minimum absolute atomic E-state index is 0.0533. The summed E-state index contributed by atoms with van der Waals surface area (Å²) in [4.78, 5) is 23.9. The first-order chi connectivity index (χ1) is 13.5. The van der Waals surface area contributed by atoms with E-state index < -0.39 is 0 Å². The maximum atomic E-state index is 12.9. The molecule has 0 unspecified atom stereocenters. The molecule has 0 aromatic carbocycles. The fourth-order valence-corrected chi connectivity index (χ4v) is 3.38. The van der Waals surface area contributed by atoms with Crippen molar-refractivity contribution in [2.75, 3.05) is 19.1 Å². The van der Waals surface area contributed by atoms with Crippen LogP contribution in [0.1, 0.15) is 28.5 Å². The van der Waals surface area contributed by atoms with Crippen molar-refractivity contribution in [3.8, 4) is 23.0 Å². The number of hydrogen-bond acceptors (Lipinski definition) is 6. The number of ether oxygens (including phenoxy) is 2. The Morgan fingerprint density at radius 3 is 2.64 bits per heavy atom. The fraction of sp³-hybridized carbons (Fsp3) is 0.300. The molecule has 0 saturated heterocycles. The highest BCUT2D eigenvalue weighted by Gasteiger charge is 2.32. The Bertz CT molecular complexity index is 1060. The van der Waals surface area contributed by atoms with Crippen LogP contribution in [0, 0.1) is 6.92 Å². The third-order valence-electron chi connectivity index (χ3n) is 4.81. The van der Waals surface area contributed by atoms with Gasteiger partial charge in [-0.15, -0.1) is 0 Å². The van der Waals surface area contributed by atoms with Gasteiger partial charge in [-0.25, -0.2) is 9.97 Å². The van der Waals surface area contributed by atoms with Gasteiger partial charge >= 0.3 is 0 Å². The number of methoxy groups -OCH3 is 2. The lowest BCUT2D eigenvalue weighted by Gasteiger charge is -2.12. The van der Waals surface area contributed by atoms with E-state index in [9.17, 15) is 4.79 Å². The van der Waals surface area contributed by atoms with Gasteiger partial charge in [0.25, 0.3) is 11.8 Å². The number of anilines is 1. The Labute approximate surface area is 162 Å². The molecule has 0 N–H and O–H groups in total. The summed E-state index contributed by atoms with van der Waals surface area (Å²) in [5.74, 6) is 0.894. The minimum atomic E-state index is -0.0533. The second kappa shape index (κ2) is 6.95. The summed E-state index contributed by atoms with van der Waals surface area (Å²) in [5, 5.41) is 4.27. The monoisotopic (exact) mass is 379 g/mol. The molecule has 1 aliphatic rings. The molecule has 0 radical (unpaired) electrons. The minimum Gasteiger partial charge on any atom is -0.491 e. The maximum Gasteiger partial charge on any atom is 0.260 e. The average molecular weight is 379 g/mol. The summed E-state index contributed by atoms with van der Waals surface area (Å²) in [6.07, 6.45) is 3.58. The SMILES string of the molecule is CCn1cc(N2Cc3nc(-c4ccc(OC)c(OC)n4)cc(C)c3C2=O)cn1. The lowest BCUT2D eigenvalue weighted by molar-refractivity contribution is 0.0996. The molecule has 0 spiro atoms. The molecule has 0 bridgehead atoms. The molecule has 0 saturated carbocycles. The normalized spacial score (nSPS) is 13.0. The first-order valence-corrected chi connectivity index (χ1v) is 9.00. The van der Waals surface area contributed by atoms with Crippen molar-refractivity contribution in [3.05, 3.63) is 47.4 Å². The van der Waals surface area contributed by atoms with Gasteiger partial charge in [-0.1, -0.05) is 0 Å². The van der Waals surface area contributed by atoms with Crippen LogP contribution in [0.3, 0.4) is 0 Å². The van der Waals surface area contributed by atoms with E-state index in [4.69, 9.17) is 14.5 Å². The molecule has 8 heteroatoms. The maximum absolute atomic E-state index is 12.9. The summed E-state index contributed by atoms with van der Waals surface area (Å²) >= 11 is 0. The van der Waals surface area contributed by atoms with Gasteiger partial charge in [0.2, 0.25) is 0 Å². The molecule has 1 amide bonds. The third-order valence-corrected chi connectivity index (χ3v) is 4.81. The van der Waals surface area contributed by atoms with E-state index in [0.717, 1.165) is 23.5 Å². The number of carbonyl (C=O) groups excluding carboxylic acids is 1. The number of fused-ring (bicyclic) bond motifs is 1. The second-order valence-electron chi connectivity index (χ2n) is 6.50. The molecule has 144 valence electrons. The van der Waals surface area contributed by atoms with Crippen molar-refractivity contribution in [2.45, 2.75) is 26.9 Å². The van der Waals surface area contributed by atoms with Gasteiger partial charge in [0.1, 0.15) is 0 Å². The first kappa shape index (κ1) is 18.0. The molecule has 8 nitrogen and oxygen atoms in total. The fourth-order valence-electron chi connectivity index (χ4n) is 3.38. The molecule has 3 aromatic heterocycles. The van der Waals surface area contributed by atoms with E-state index in [-0.39, 0.29) is 5.91 Å². The summed E-state index contributed by atoms with van der Waals surface area (Å²) in [7, 11) is 3.11. The molecular weight excluding hydrogens is 358 g/mol. The molecule has 1 aliphatic heterocycles. The van der Waals surface area contributed by atoms with Crippen molar-refractivity contribution < 1.29 is 14.3 Å². The quantitative estimate of drug-likeness (QED) is 0.678. The molecule has 4 heterocycles. The highest BCUT2D eigenvalue weighted by Crippen LogP contribution is 2.33. The second-order valence-corrected chi connectivity index (χ2v) is 6.50. The van der Waals surface area contributed by atoms with Crippen LogP contribution in [0.5, 0.6) is 11.6 Å². The summed E-state index contributed by atoms with van der Waals surface area (Å²) < 4.78 is 12.3. The Morgan fingerprint density at radius 2 is 1.96 bits per heavy atom. The van der Waals surface area contributed by atoms with E-state index >= 15 is 0 Å². The molecule has 4 rings (SSSR count). The van der Waals surface area contributed by atoms with E-state index in [1.54, 1.807) is 36.1 Å². The number of amides is 1. The van der Waals surface area contributed by atoms with Gasteiger partial charge in [0.05, 0.1) is 55.3 Å².